The molecule has 0 aliphatic carbocycles. The summed E-state index contributed by atoms with van der Waals surface area (Å²) in [6, 6.07) is 16.4. The fraction of sp³-hybridized carbons (Fsp3) is 0.519. The van der Waals surface area contributed by atoms with Gasteiger partial charge in [0.15, 0.2) is 0 Å². The Bertz CT molecular complexity index is 928. The van der Waals surface area contributed by atoms with Gasteiger partial charge in [-0.2, -0.15) is 0 Å². The van der Waals surface area contributed by atoms with Gasteiger partial charge < -0.3 is 14.5 Å². The lowest BCUT2D eigenvalue weighted by atomic mass is 9.89. The van der Waals surface area contributed by atoms with Gasteiger partial charge >= 0.3 is 6.03 Å². The monoisotopic (exact) mass is 469 g/mol. The highest BCUT2D eigenvalue weighted by Crippen LogP contribution is 2.30. The molecule has 2 aromatic rings. The van der Waals surface area contributed by atoms with Gasteiger partial charge in [-0.25, -0.2) is 4.79 Å². The molecule has 5 nitrogen and oxygen atoms in total. The van der Waals surface area contributed by atoms with Crippen LogP contribution in [0.25, 0.3) is 0 Å². The number of amides is 2. The van der Waals surface area contributed by atoms with Crippen molar-refractivity contribution < 1.29 is 9.53 Å². The van der Waals surface area contributed by atoms with Crippen LogP contribution in [0.2, 0.25) is 5.02 Å². The molecule has 0 saturated carbocycles. The lowest BCUT2D eigenvalue weighted by molar-refractivity contribution is 0.122. The number of ether oxygens (including phenoxy) is 1. The summed E-state index contributed by atoms with van der Waals surface area (Å²) < 4.78 is 5.85. The SMILES string of the molecule is CC(C)Oc1ccc(Cl)c(CC2CCN(CC3CCN(c4ccccc4)C(=O)N3C)CC2)c1. The average molecular weight is 470 g/mol. The minimum atomic E-state index is 0.102. The number of para-hydroxylation sites is 1. The van der Waals surface area contributed by atoms with Gasteiger partial charge in [0.05, 0.1) is 6.10 Å². The highest BCUT2D eigenvalue weighted by Gasteiger charge is 2.33. The molecule has 2 aliphatic heterocycles. The molecule has 1 atom stereocenters. The van der Waals surface area contributed by atoms with Crippen molar-refractivity contribution in [2.45, 2.75) is 51.7 Å². The second-order valence-electron chi connectivity index (χ2n) is 9.69. The topological polar surface area (TPSA) is 36.0 Å². The Morgan fingerprint density at radius 2 is 1.76 bits per heavy atom. The number of hydrogen-bond acceptors (Lipinski definition) is 3. The van der Waals surface area contributed by atoms with Crippen molar-refractivity contribution in [3.05, 3.63) is 59.1 Å². The number of benzene rings is 2. The average Bonchev–Trinajstić information content (AvgIpc) is 2.81. The minimum Gasteiger partial charge on any atom is -0.491 e. The molecule has 178 valence electrons. The molecule has 0 bridgehead atoms. The van der Waals surface area contributed by atoms with E-state index in [2.05, 4.69) is 11.0 Å². The molecular formula is C27H36ClN3O2. The molecule has 4 rings (SSSR count). The van der Waals surface area contributed by atoms with Crippen LogP contribution in [0, 0.1) is 5.92 Å². The van der Waals surface area contributed by atoms with Gasteiger partial charge in [0.1, 0.15) is 5.75 Å². The summed E-state index contributed by atoms with van der Waals surface area (Å²) in [7, 11) is 1.95. The largest absolute Gasteiger partial charge is 0.491 e. The number of likely N-dealkylation sites (N-methyl/N-ethyl adjacent to an activating group) is 1. The van der Waals surface area contributed by atoms with E-state index >= 15 is 0 Å². The van der Waals surface area contributed by atoms with Crippen LogP contribution in [0.15, 0.2) is 48.5 Å². The van der Waals surface area contributed by atoms with Crippen molar-refractivity contribution in [1.82, 2.24) is 9.80 Å². The van der Waals surface area contributed by atoms with E-state index in [-0.39, 0.29) is 18.2 Å². The first kappa shape index (κ1) is 23.9. The maximum Gasteiger partial charge on any atom is 0.324 e. The standard InChI is InChI=1S/C27H36ClN3O2/c1-20(2)33-25-9-10-26(28)22(18-25)17-21-11-14-30(15-12-21)19-24-13-16-31(27(32)29(24)3)23-7-5-4-6-8-23/h4-10,18,20-21,24H,11-17,19H2,1-3H3. The second kappa shape index (κ2) is 10.8. The third-order valence-electron chi connectivity index (χ3n) is 6.91. The summed E-state index contributed by atoms with van der Waals surface area (Å²) in [5.74, 6) is 1.53. The first-order valence-electron chi connectivity index (χ1n) is 12.2. The molecule has 0 N–H and O–H groups in total. The Labute approximate surface area is 203 Å². The van der Waals surface area contributed by atoms with Crippen molar-refractivity contribution in [3.8, 4) is 5.75 Å². The van der Waals surface area contributed by atoms with E-state index < -0.39 is 0 Å². The van der Waals surface area contributed by atoms with Gasteiger partial charge in [-0.15, -0.1) is 0 Å². The molecule has 2 heterocycles. The lowest BCUT2D eigenvalue weighted by Crippen LogP contribution is -2.56. The van der Waals surface area contributed by atoms with Crippen molar-refractivity contribution in [2.24, 2.45) is 5.92 Å². The van der Waals surface area contributed by atoms with Crippen LogP contribution in [0.5, 0.6) is 5.75 Å². The van der Waals surface area contributed by atoms with Gasteiger partial charge in [0.25, 0.3) is 0 Å². The Hall–Kier alpha value is -2.24. The van der Waals surface area contributed by atoms with E-state index in [4.69, 9.17) is 16.3 Å². The van der Waals surface area contributed by atoms with E-state index in [1.165, 1.54) is 5.56 Å². The summed E-state index contributed by atoms with van der Waals surface area (Å²) >= 11 is 6.49. The summed E-state index contributed by atoms with van der Waals surface area (Å²) in [4.78, 5) is 19.3. The van der Waals surface area contributed by atoms with Gasteiger partial charge in [0.2, 0.25) is 0 Å². The van der Waals surface area contributed by atoms with E-state index in [0.29, 0.717) is 5.92 Å². The van der Waals surface area contributed by atoms with E-state index in [0.717, 1.165) is 68.3 Å². The highest BCUT2D eigenvalue weighted by molar-refractivity contribution is 6.31. The van der Waals surface area contributed by atoms with Crippen LogP contribution in [0.3, 0.4) is 0 Å². The number of carbonyl (C=O) groups is 1. The van der Waals surface area contributed by atoms with Crippen LogP contribution in [-0.2, 0) is 6.42 Å². The van der Waals surface area contributed by atoms with Crippen LogP contribution in [-0.4, -0.2) is 61.2 Å². The molecule has 0 aromatic heterocycles. The highest BCUT2D eigenvalue weighted by atomic mass is 35.5. The quantitative estimate of drug-likeness (QED) is 0.520. The van der Waals surface area contributed by atoms with Crippen molar-refractivity contribution in [2.75, 3.05) is 38.1 Å². The summed E-state index contributed by atoms with van der Waals surface area (Å²) in [6.45, 7) is 7.97. The predicted molar refractivity (Wildman–Crippen MR) is 135 cm³/mol. The molecule has 2 fully saturated rings. The zero-order valence-electron chi connectivity index (χ0n) is 20.0. The number of nitrogens with zero attached hydrogens (tertiary/aromatic N) is 3. The number of rotatable bonds is 7. The minimum absolute atomic E-state index is 0.102. The molecule has 33 heavy (non-hydrogen) atoms. The smallest absolute Gasteiger partial charge is 0.324 e. The molecule has 2 aromatic carbocycles. The Morgan fingerprint density at radius 1 is 1.03 bits per heavy atom. The molecule has 0 spiro atoms. The normalized spacial score (nSPS) is 20.5. The number of hydrogen-bond donors (Lipinski definition) is 0. The molecule has 2 saturated heterocycles. The molecule has 0 radical (unpaired) electrons. The third-order valence-corrected chi connectivity index (χ3v) is 7.28. The number of anilines is 1. The van der Waals surface area contributed by atoms with Gasteiger partial charge in [-0.05, 0) is 94.4 Å². The van der Waals surface area contributed by atoms with Crippen molar-refractivity contribution >= 4 is 23.3 Å². The lowest BCUT2D eigenvalue weighted by Gasteiger charge is -2.42. The Kier molecular flexibility index (Phi) is 7.82. The third kappa shape index (κ3) is 6.01. The first-order chi connectivity index (χ1) is 15.9. The van der Waals surface area contributed by atoms with Crippen LogP contribution in [0.4, 0.5) is 10.5 Å². The molecular weight excluding hydrogens is 434 g/mol. The zero-order chi connectivity index (χ0) is 23.4. The second-order valence-corrected chi connectivity index (χ2v) is 10.1. The number of urea groups is 1. The van der Waals surface area contributed by atoms with Gasteiger partial charge in [-0.1, -0.05) is 29.8 Å². The fourth-order valence-corrected chi connectivity index (χ4v) is 5.21. The number of carbonyl (C=O) groups excluding carboxylic acids is 1. The van der Waals surface area contributed by atoms with Crippen LogP contribution in [0.1, 0.15) is 38.7 Å². The number of likely N-dealkylation sites (tertiary alicyclic amines) is 1. The maximum atomic E-state index is 13.0. The first-order valence-corrected chi connectivity index (χ1v) is 12.6. The van der Waals surface area contributed by atoms with E-state index in [9.17, 15) is 4.79 Å². The van der Waals surface area contributed by atoms with Gasteiger partial charge in [0, 0.05) is 36.9 Å². The molecule has 1 unspecified atom stereocenters. The van der Waals surface area contributed by atoms with Crippen molar-refractivity contribution in [3.63, 3.8) is 0 Å². The fourth-order valence-electron chi connectivity index (χ4n) is 5.01. The van der Waals surface area contributed by atoms with Crippen LogP contribution < -0.4 is 9.64 Å². The Morgan fingerprint density at radius 3 is 2.45 bits per heavy atom. The zero-order valence-corrected chi connectivity index (χ0v) is 20.8. The Balaban J connectivity index is 1.27. The molecule has 2 aliphatic rings. The predicted octanol–water partition coefficient (Wildman–Crippen LogP) is 5.71. The maximum absolute atomic E-state index is 13.0. The van der Waals surface area contributed by atoms with E-state index in [1.54, 1.807) is 0 Å². The van der Waals surface area contributed by atoms with E-state index in [1.807, 2.05) is 73.2 Å². The van der Waals surface area contributed by atoms with Crippen LogP contribution >= 0.6 is 11.6 Å². The van der Waals surface area contributed by atoms with Gasteiger partial charge in [-0.3, -0.25) is 4.90 Å². The van der Waals surface area contributed by atoms with Crippen molar-refractivity contribution in [1.29, 1.82) is 0 Å². The summed E-state index contributed by atoms with van der Waals surface area (Å²) in [5.41, 5.74) is 2.17. The summed E-state index contributed by atoms with van der Waals surface area (Å²) in [5, 5.41) is 0.832. The number of piperidine rings is 1. The summed E-state index contributed by atoms with van der Waals surface area (Å²) in [6.07, 6.45) is 4.47. The number of halogens is 1. The molecule has 6 heteroatoms. The molecule has 2 amide bonds.